The van der Waals surface area contributed by atoms with Crippen LogP contribution < -0.4 is 10.5 Å². The highest BCUT2D eigenvalue weighted by molar-refractivity contribution is 5.41. The lowest BCUT2D eigenvalue weighted by molar-refractivity contribution is 0.239. The molecular formula is C22H23N5O. The standard InChI is InChI=1S/C22H23N5O/c28-21-19-16-25(14-17-5-2-1-3-6-17)10-8-20(19)27-12-11-26(22(27)24-21)15-18-7-4-9-23-13-18/h1-7,9,13H,8,10-12,14-16H2. The van der Waals surface area contributed by atoms with E-state index >= 15 is 0 Å². The summed E-state index contributed by atoms with van der Waals surface area (Å²) in [7, 11) is 0. The Bertz CT molecular complexity index is 1030. The summed E-state index contributed by atoms with van der Waals surface area (Å²) in [6, 6.07) is 14.4. The Kier molecular flexibility index (Phi) is 4.41. The fourth-order valence-electron chi connectivity index (χ4n) is 4.27. The van der Waals surface area contributed by atoms with Crippen LogP contribution in [-0.2, 0) is 32.6 Å². The van der Waals surface area contributed by atoms with Crippen LogP contribution in [0.25, 0.3) is 0 Å². The summed E-state index contributed by atoms with van der Waals surface area (Å²) < 4.78 is 2.26. The fraction of sp³-hybridized carbons (Fsp3) is 0.318. The Morgan fingerprint density at radius 3 is 2.61 bits per heavy atom. The molecule has 0 radical (unpaired) electrons. The maximum absolute atomic E-state index is 12.8. The van der Waals surface area contributed by atoms with Crippen LogP contribution in [-0.4, -0.2) is 32.5 Å². The first-order chi connectivity index (χ1) is 13.8. The largest absolute Gasteiger partial charge is 0.336 e. The second-order valence-corrected chi connectivity index (χ2v) is 7.52. The molecule has 2 aliphatic rings. The number of anilines is 1. The van der Waals surface area contributed by atoms with Gasteiger partial charge >= 0.3 is 0 Å². The van der Waals surface area contributed by atoms with Crippen molar-refractivity contribution in [3.63, 3.8) is 0 Å². The van der Waals surface area contributed by atoms with Gasteiger partial charge in [-0.2, -0.15) is 4.98 Å². The number of hydrogen-bond acceptors (Lipinski definition) is 5. The molecule has 0 bridgehead atoms. The monoisotopic (exact) mass is 373 g/mol. The molecule has 0 spiro atoms. The van der Waals surface area contributed by atoms with E-state index in [1.165, 1.54) is 11.3 Å². The van der Waals surface area contributed by atoms with Gasteiger partial charge in [-0.05, 0) is 17.2 Å². The molecule has 28 heavy (non-hydrogen) atoms. The van der Waals surface area contributed by atoms with Crippen molar-refractivity contribution in [2.45, 2.75) is 32.6 Å². The van der Waals surface area contributed by atoms with Crippen LogP contribution in [0.1, 0.15) is 22.4 Å². The highest BCUT2D eigenvalue weighted by atomic mass is 16.1. The van der Waals surface area contributed by atoms with Gasteiger partial charge in [-0.1, -0.05) is 36.4 Å². The van der Waals surface area contributed by atoms with Crippen LogP contribution >= 0.6 is 0 Å². The summed E-state index contributed by atoms with van der Waals surface area (Å²) in [4.78, 5) is 26.0. The van der Waals surface area contributed by atoms with Crippen molar-refractivity contribution >= 4 is 5.95 Å². The number of aromatic nitrogens is 3. The Balaban J connectivity index is 1.40. The van der Waals surface area contributed by atoms with Crippen LogP contribution in [0.3, 0.4) is 0 Å². The Hall–Kier alpha value is -2.99. The molecular weight excluding hydrogens is 350 g/mol. The third-order valence-electron chi connectivity index (χ3n) is 5.64. The van der Waals surface area contributed by atoms with E-state index in [1.807, 2.05) is 18.3 Å². The molecule has 5 rings (SSSR count). The molecule has 6 heteroatoms. The minimum absolute atomic E-state index is 0.0721. The quantitative estimate of drug-likeness (QED) is 0.702. The number of nitrogens with zero attached hydrogens (tertiary/aromatic N) is 5. The van der Waals surface area contributed by atoms with Crippen LogP contribution in [0.2, 0.25) is 0 Å². The van der Waals surface area contributed by atoms with Crippen molar-refractivity contribution in [2.24, 2.45) is 0 Å². The SMILES string of the molecule is O=c1nc2n(c3c1CN(Cc1ccccc1)CC3)CCN2Cc1cccnc1. The molecule has 0 aliphatic carbocycles. The first-order valence-corrected chi connectivity index (χ1v) is 9.80. The maximum atomic E-state index is 12.8. The molecule has 0 fully saturated rings. The molecule has 0 atom stereocenters. The minimum atomic E-state index is -0.0721. The van der Waals surface area contributed by atoms with Crippen molar-refractivity contribution in [2.75, 3.05) is 18.0 Å². The zero-order valence-electron chi connectivity index (χ0n) is 15.8. The lowest BCUT2D eigenvalue weighted by Crippen LogP contribution is -2.37. The summed E-state index contributed by atoms with van der Waals surface area (Å²) in [5.74, 6) is 0.809. The van der Waals surface area contributed by atoms with Gasteiger partial charge in [0.2, 0.25) is 5.95 Å². The minimum Gasteiger partial charge on any atom is -0.336 e. The smallest absolute Gasteiger partial charge is 0.279 e. The van der Waals surface area contributed by atoms with Gasteiger partial charge in [0.25, 0.3) is 5.56 Å². The Morgan fingerprint density at radius 1 is 0.929 bits per heavy atom. The number of benzene rings is 1. The topological polar surface area (TPSA) is 54.3 Å². The Morgan fingerprint density at radius 2 is 1.79 bits per heavy atom. The van der Waals surface area contributed by atoms with Gasteiger partial charge in [-0.25, -0.2) is 0 Å². The van der Waals surface area contributed by atoms with Gasteiger partial charge in [0, 0.05) is 63.8 Å². The third kappa shape index (κ3) is 3.20. The molecule has 0 unspecified atom stereocenters. The predicted molar refractivity (Wildman–Crippen MR) is 108 cm³/mol. The Labute approximate surface area is 164 Å². The van der Waals surface area contributed by atoms with E-state index in [2.05, 4.69) is 54.7 Å². The summed E-state index contributed by atoms with van der Waals surface area (Å²) in [6.07, 6.45) is 4.55. The first-order valence-electron chi connectivity index (χ1n) is 9.80. The molecule has 0 N–H and O–H groups in total. The maximum Gasteiger partial charge on any atom is 0.279 e. The van der Waals surface area contributed by atoms with E-state index < -0.39 is 0 Å². The number of rotatable bonds is 4. The van der Waals surface area contributed by atoms with Crippen LogP contribution in [0, 0.1) is 0 Å². The van der Waals surface area contributed by atoms with E-state index in [9.17, 15) is 4.79 Å². The summed E-state index contributed by atoms with van der Waals surface area (Å²) in [6.45, 7) is 5.02. The molecule has 2 aromatic heterocycles. The zero-order chi connectivity index (χ0) is 18.9. The van der Waals surface area contributed by atoms with E-state index in [0.717, 1.165) is 56.2 Å². The van der Waals surface area contributed by atoms with Crippen LogP contribution in [0.15, 0.2) is 59.7 Å². The molecule has 2 aliphatic heterocycles. The summed E-state index contributed by atoms with van der Waals surface area (Å²) >= 11 is 0. The van der Waals surface area contributed by atoms with Gasteiger partial charge in [0.1, 0.15) is 0 Å². The zero-order valence-corrected chi connectivity index (χ0v) is 15.8. The predicted octanol–water partition coefficient (Wildman–Crippen LogP) is 2.22. The van der Waals surface area contributed by atoms with Crippen molar-refractivity contribution in [3.8, 4) is 0 Å². The summed E-state index contributed by atoms with van der Waals surface area (Å²) in [5.41, 5.74) is 4.39. The van der Waals surface area contributed by atoms with Crippen molar-refractivity contribution in [1.82, 2.24) is 19.4 Å². The van der Waals surface area contributed by atoms with Crippen LogP contribution in [0.4, 0.5) is 5.95 Å². The molecule has 3 aromatic rings. The molecule has 6 nitrogen and oxygen atoms in total. The lowest BCUT2D eigenvalue weighted by Gasteiger charge is -2.30. The lowest BCUT2D eigenvalue weighted by atomic mass is 10.1. The second kappa shape index (κ2) is 7.20. The van der Waals surface area contributed by atoms with Gasteiger partial charge in [-0.15, -0.1) is 0 Å². The van der Waals surface area contributed by atoms with Gasteiger partial charge in [-0.3, -0.25) is 14.7 Å². The van der Waals surface area contributed by atoms with Crippen molar-refractivity contribution < 1.29 is 0 Å². The third-order valence-corrected chi connectivity index (χ3v) is 5.64. The van der Waals surface area contributed by atoms with Gasteiger partial charge in [0.15, 0.2) is 0 Å². The molecule has 0 amide bonds. The van der Waals surface area contributed by atoms with Crippen LogP contribution in [0.5, 0.6) is 0 Å². The molecule has 4 heterocycles. The highest BCUT2D eigenvalue weighted by Crippen LogP contribution is 2.26. The number of pyridine rings is 1. The molecule has 0 saturated carbocycles. The van der Waals surface area contributed by atoms with Gasteiger partial charge < -0.3 is 9.47 Å². The molecule has 0 saturated heterocycles. The average Bonchev–Trinajstić information content (AvgIpc) is 3.12. The van der Waals surface area contributed by atoms with Gasteiger partial charge in [0.05, 0.1) is 5.56 Å². The van der Waals surface area contributed by atoms with E-state index in [-0.39, 0.29) is 5.56 Å². The van der Waals surface area contributed by atoms with E-state index in [1.54, 1.807) is 6.20 Å². The molecule has 1 aromatic carbocycles. The fourth-order valence-corrected chi connectivity index (χ4v) is 4.27. The van der Waals surface area contributed by atoms with Crippen molar-refractivity contribution in [3.05, 3.63) is 87.6 Å². The normalized spacial score (nSPS) is 16.1. The second-order valence-electron chi connectivity index (χ2n) is 7.52. The van der Waals surface area contributed by atoms with E-state index in [0.29, 0.717) is 6.54 Å². The van der Waals surface area contributed by atoms with Crippen molar-refractivity contribution in [1.29, 1.82) is 0 Å². The summed E-state index contributed by atoms with van der Waals surface area (Å²) in [5, 5.41) is 0. The number of hydrogen-bond donors (Lipinski definition) is 0. The highest BCUT2D eigenvalue weighted by Gasteiger charge is 2.29. The molecule has 142 valence electrons. The average molecular weight is 373 g/mol. The first kappa shape index (κ1) is 17.1. The van der Waals surface area contributed by atoms with E-state index in [4.69, 9.17) is 0 Å². The number of fused-ring (bicyclic) bond motifs is 3.